The van der Waals surface area contributed by atoms with Gasteiger partial charge in [-0.05, 0) is 36.6 Å². The van der Waals surface area contributed by atoms with Gasteiger partial charge in [0.05, 0.1) is 18.1 Å². The molecule has 8 nitrogen and oxygen atoms in total. The quantitative estimate of drug-likeness (QED) is 0.435. The molecule has 0 amide bonds. The molecule has 0 fully saturated rings. The Kier molecular flexibility index (Phi) is 7.91. The van der Waals surface area contributed by atoms with Crippen molar-refractivity contribution in [3.05, 3.63) is 64.4 Å². The normalized spacial score (nSPS) is 11.7. The third-order valence-corrected chi connectivity index (χ3v) is 7.02. The molecule has 3 aromatic rings. The third kappa shape index (κ3) is 4.82. The number of aryl methyl sites for hydroxylation is 1. The second-order valence-electron chi connectivity index (χ2n) is 6.93. The van der Waals surface area contributed by atoms with E-state index in [0.717, 1.165) is 9.87 Å². The molecule has 10 heteroatoms. The Balaban J connectivity index is 2.18. The number of aliphatic hydroxyl groups is 1. The fourth-order valence-electron chi connectivity index (χ4n) is 3.24. The van der Waals surface area contributed by atoms with Crippen molar-refractivity contribution in [1.82, 2.24) is 5.16 Å². The minimum atomic E-state index is -4.15. The molecule has 0 atom stereocenters. The SMILES string of the molecule is CCOCc1cc(CO)ccc1-c1ccccc1S(=O)(=O)N(COC)c1noc(C)c1Cl. The Morgan fingerprint density at radius 2 is 1.94 bits per heavy atom. The van der Waals surface area contributed by atoms with Gasteiger partial charge in [-0.1, -0.05) is 53.2 Å². The third-order valence-electron chi connectivity index (χ3n) is 4.82. The molecular formula is C22H25ClN2O6S. The molecule has 1 heterocycles. The van der Waals surface area contributed by atoms with Crippen LogP contribution in [0.1, 0.15) is 23.8 Å². The van der Waals surface area contributed by atoms with E-state index in [1.807, 2.05) is 6.92 Å². The van der Waals surface area contributed by atoms with Gasteiger partial charge in [-0.25, -0.2) is 12.7 Å². The zero-order chi connectivity index (χ0) is 23.3. The van der Waals surface area contributed by atoms with Crippen LogP contribution in [0.4, 0.5) is 5.82 Å². The van der Waals surface area contributed by atoms with Gasteiger partial charge in [-0.2, -0.15) is 0 Å². The van der Waals surface area contributed by atoms with Gasteiger partial charge in [0.25, 0.3) is 10.0 Å². The molecule has 1 aromatic heterocycles. The first kappa shape index (κ1) is 24.2. The Labute approximate surface area is 192 Å². The van der Waals surface area contributed by atoms with Crippen molar-refractivity contribution < 1.29 is 27.5 Å². The molecule has 32 heavy (non-hydrogen) atoms. The van der Waals surface area contributed by atoms with Crippen molar-refractivity contribution in [3.8, 4) is 11.1 Å². The number of rotatable bonds is 10. The van der Waals surface area contributed by atoms with E-state index in [2.05, 4.69) is 5.16 Å². The summed E-state index contributed by atoms with van der Waals surface area (Å²) in [6, 6.07) is 12.0. The topological polar surface area (TPSA) is 102 Å². The van der Waals surface area contributed by atoms with E-state index in [9.17, 15) is 13.5 Å². The van der Waals surface area contributed by atoms with Crippen LogP contribution < -0.4 is 4.31 Å². The van der Waals surface area contributed by atoms with Gasteiger partial charge in [0.15, 0.2) is 5.76 Å². The highest BCUT2D eigenvalue weighted by Gasteiger charge is 2.32. The summed E-state index contributed by atoms with van der Waals surface area (Å²) in [7, 11) is -2.77. The zero-order valence-corrected chi connectivity index (χ0v) is 19.6. The second-order valence-corrected chi connectivity index (χ2v) is 9.14. The number of halogens is 1. The Morgan fingerprint density at radius 3 is 2.56 bits per heavy atom. The number of benzene rings is 2. The smallest absolute Gasteiger partial charge is 0.268 e. The van der Waals surface area contributed by atoms with E-state index in [4.69, 9.17) is 25.6 Å². The van der Waals surface area contributed by atoms with Crippen molar-refractivity contribution in [2.24, 2.45) is 0 Å². The number of aliphatic hydroxyl groups excluding tert-OH is 1. The fourth-order valence-corrected chi connectivity index (χ4v) is 5.00. The number of methoxy groups -OCH3 is 1. The predicted molar refractivity (Wildman–Crippen MR) is 121 cm³/mol. The number of anilines is 1. The highest BCUT2D eigenvalue weighted by molar-refractivity contribution is 7.93. The molecular weight excluding hydrogens is 456 g/mol. The summed E-state index contributed by atoms with van der Waals surface area (Å²) in [6.07, 6.45) is 0. The number of aromatic nitrogens is 1. The van der Waals surface area contributed by atoms with Crippen molar-refractivity contribution in [3.63, 3.8) is 0 Å². The first-order valence-corrected chi connectivity index (χ1v) is 11.7. The highest BCUT2D eigenvalue weighted by Crippen LogP contribution is 2.36. The molecule has 0 aliphatic rings. The van der Waals surface area contributed by atoms with Crippen LogP contribution in [0, 0.1) is 6.92 Å². The standard InChI is InChI=1S/C22H25ClN2O6S/c1-4-30-13-17-11-16(12-26)9-10-18(17)19-7-5-6-8-20(19)32(27,28)25(14-29-3)22-21(23)15(2)31-24-22/h5-11,26H,4,12-14H2,1-3H3. The second kappa shape index (κ2) is 10.5. The zero-order valence-electron chi connectivity index (χ0n) is 18.0. The van der Waals surface area contributed by atoms with Crippen LogP contribution in [0.2, 0.25) is 5.02 Å². The van der Waals surface area contributed by atoms with E-state index in [1.54, 1.807) is 43.3 Å². The molecule has 2 aromatic carbocycles. The van der Waals surface area contributed by atoms with Crippen LogP contribution in [-0.4, -0.2) is 39.1 Å². The maximum absolute atomic E-state index is 13.8. The molecule has 0 unspecified atom stereocenters. The molecule has 0 aliphatic heterocycles. The average Bonchev–Trinajstić information content (AvgIpc) is 3.13. The maximum Gasteiger partial charge on any atom is 0.268 e. The minimum Gasteiger partial charge on any atom is -0.392 e. The lowest BCUT2D eigenvalue weighted by molar-refractivity contribution is 0.134. The van der Waals surface area contributed by atoms with Crippen molar-refractivity contribution >= 4 is 27.4 Å². The first-order chi connectivity index (χ1) is 15.3. The van der Waals surface area contributed by atoms with E-state index < -0.39 is 10.0 Å². The van der Waals surface area contributed by atoms with Gasteiger partial charge in [0.1, 0.15) is 11.8 Å². The van der Waals surface area contributed by atoms with Gasteiger partial charge in [0.2, 0.25) is 5.82 Å². The highest BCUT2D eigenvalue weighted by atomic mass is 35.5. The van der Waals surface area contributed by atoms with Gasteiger partial charge < -0.3 is 19.1 Å². The van der Waals surface area contributed by atoms with Crippen LogP contribution in [0.3, 0.4) is 0 Å². The predicted octanol–water partition coefficient (Wildman–Crippen LogP) is 4.13. The lowest BCUT2D eigenvalue weighted by atomic mass is 9.98. The molecule has 0 spiro atoms. The van der Waals surface area contributed by atoms with Gasteiger partial charge >= 0.3 is 0 Å². The minimum absolute atomic E-state index is 0.0447. The first-order valence-electron chi connectivity index (χ1n) is 9.88. The number of sulfonamides is 1. The van der Waals surface area contributed by atoms with Crippen molar-refractivity contribution in [2.45, 2.75) is 32.0 Å². The number of hydrogen-bond acceptors (Lipinski definition) is 7. The summed E-state index contributed by atoms with van der Waals surface area (Å²) < 4.78 is 44.3. The van der Waals surface area contributed by atoms with Crippen LogP contribution in [0.15, 0.2) is 51.9 Å². The molecule has 0 bridgehead atoms. The summed E-state index contributed by atoms with van der Waals surface area (Å²) in [4.78, 5) is 0.0447. The molecule has 0 aliphatic carbocycles. The van der Waals surface area contributed by atoms with Gasteiger partial charge in [-0.3, -0.25) is 0 Å². The Hall–Kier alpha value is -2.43. The number of hydrogen-bond donors (Lipinski definition) is 1. The average molecular weight is 481 g/mol. The molecule has 0 saturated carbocycles. The van der Waals surface area contributed by atoms with E-state index in [0.29, 0.717) is 29.1 Å². The van der Waals surface area contributed by atoms with Gasteiger partial charge in [0, 0.05) is 19.3 Å². The van der Waals surface area contributed by atoms with Crippen LogP contribution >= 0.6 is 11.6 Å². The summed E-state index contributed by atoms with van der Waals surface area (Å²) in [5.41, 5.74) is 2.61. The maximum atomic E-state index is 13.8. The summed E-state index contributed by atoms with van der Waals surface area (Å²) in [6.45, 7) is 3.79. The van der Waals surface area contributed by atoms with E-state index in [1.165, 1.54) is 13.2 Å². The van der Waals surface area contributed by atoms with E-state index >= 15 is 0 Å². The number of ether oxygens (including phenoxy) is 2. The summed E-state index contributed by atoms with van der Waals surface area (Å²) in [5.74, 6) is 0.246. The van der Waals surface area contributed by atoms with Gasteiger partial charge in [-0.15, -0.1) is 0 Å². The van der Waals surface area contributed by atoms with Crippen molar-refractivity contribution in [2.75, 3.05) is 24.8 Å². The molecule has 172 valence electrons. The monoisotopic (exact) mass is 480 g/mol. The Bertz CT molecular complexity index is 1180. The fraction of sp³-hybridized carbons (Fsp3) is 0.318. The summed E-state index contributed by atoms with van der Waals surface area (Å²) in [5, 5.41) is 13.4. The summed E-state index contributed by atoms with van der Waals surface area (Å²) >= 11 is 6.25. The largest absolute Gasteiger partial charge is 0.392 e. The Morgan fingerprint density at radius 1 is 1.19 bits per heavy atom. The lowest BCUT2D eigenvalue weighted by Crippen LogP contribution is -2.33. The van der Waals surface area contributed by atoms with Crippen LogP contribution in [0.5, 0.6) is 0 Å². The van der Waals surface area contributed by atoms with Crippen LogP contribution in [-0.2, 0) is 32.7 Å². The number of nitrogens with zero attached hydrogens (tertiary/aromatic N) is 2. The molecule has 3 rings (SSSR count). The molecule has 1 N–H and O–H groups in total. The van der Waals surface area contributed by atoms with Crippen molar-refractivity contribution in [1.29, 1.82) is 0 Å². The molecule has 0 saturated heterocycles. The van der Waals surface area contributed by atoms with E-state index in [-0.39, 0.29) is 35.7 Å². The lowest BCUT2D eigenvalue weighted by Gasteiger charge is -2.23. The molecule has 0 radical (unpaired) electrons. The van der Waals surface area contributed by atoms with Crippen LogP contribution in [0.25, 0.3) is 11.1 Å².